The molecule has 1 aliphatic heterocycles. The fourth-order valence-corrected chi connectivity index (χ4v) is 2.64. The Kier molecular flexibility index (Phi) is 6.34. The maximum atomic E-state index is 8.91. The van der Waals surface area contributed by atoms with Crippen LogP contribution in [0, 0.1) is 0 Å². The number of piperidine rings is 1. The van der Waals surface area contributed by atoms with Crippen molar-refractivity contribution in [3.8, 4) is 0 Å². The number of nitrogens with zero attached hydrogens (tertiary/aromatic N) is 2. The molecular formula is C16H26N4O. The monoisotopic (exact) mass is 290 g/mol. The van der Waals surface area contributed by atoms with Gasteiger partial charge in [0.05, 0.1) is 13.2 Å². The minimum atomic E-state index is 0.0807. The van der Waals surface area contributed by atoms with Crippen molar-refractivity contribution in [2.45, 2.75) is 25.8 Å². The average molecular weight is 290 g/mol. The molecule has 0 saturated carbocycles. The van der Waals surface area contributed by atoms with Gasteiger partial charge >= 0.3 is 0 Å². The zero-order valence-electron chi connectivity index (χ0n) is 12.8. The predicted molar refractivity (Wildman–Crippen MR) is 87.9 cm³/mol. The standard InChI is InChI=1S/C16H26N4O/c1-2-17-16(18-10-12-21)19-14-7-6-11-20(13-14)15-8-4-3-5-9-15/h3-5,8-9,14,21H,2,6-7,10-13H2,1H3,(H2,17,18,19). The van der Waals surface area contributed by atoms with Gasteiger partial charge in [-0.1, -0.05) is 18.2 Å². The molecule has 1 aliphatic rings. The lowest BCUT2D eigenvalue weighted by Gasteiger charge is -2.35. The summed E-state index contributed by atoms with van der Waals surface area (Å²) in [6.45, 7) is 5.47. The molecule has 3 N–H and O–H groups in total. The molecule has 5 nitrogen and oxygen atoms in total. The lowest BCUT2D eigenvalue weighted by atomic mass is 10.1. The van der Waals surface area contributed by atoms with Crippen LogP contribution in [0.2, 0.25) is 0 Å². The van der Waals surface area contributed by atoms with Gasteiger partial charge < -0.3 is 20.6 Å². The van der Waals surface area contributed by atoms with Gasteiger partial charge in [0.1, 0.15) is 0 Å². The number of hydrogen-bond donors (Lipinski definition) is 3. The first-order valence-electron chi connectivity index (χ1n) is 7.79. The van der Waals surface area contributed by atoms with Gasteiger partial charge in [0.15, 0.2) is 5.96 Å². The summed E-state index contributed by atoms with van der Waals surface area (Å²) in [5.41, 5.74) is 1.28. The van der Waals surface area contributed by atoms with Gasteiger partial charge in [-0.05, 0) is 31.9 Å². The highest BCUT2D eigenvalue weighted by Gasteiger charge is 2.20. The van der Waals surface area contributed by atoms with Crippen molar-refractivity contribution in [1.29, 1.82) is 0 Å². The van der Waals surface area contributed by atoms with Crippen LogP contribution >= 0.6 is 0 Å². The number of nitrogens with one attached hydrogen (secondary N) is 2. The van der Waals surface area contributed by atoms with Gasteiger partial charge in [0.2, 0.25) is 0 Å². The minimum absolute atomic E-state index is 0.0807. The smallest absolute Gasteiger partial charge is 0.191 e. The molecule has 1 atom stereocenters. The number of para-hydroxylation sites is 1. The lowest BCUT2D eigenvalue weighted by molar-refractivity contribution is 0.306. The van der Waals surface area contributed by atoms with Crippen molar-refractivity contribution < 1.29 is 5.11 Å². The maximum absolute atomic E-state index is 8.91. The predicted octanol–water partition coefficient (Wildman–Crippen LogP) is 1.20. The van der Waals surface area contributed by atoms with E-state index in [4.69, 9.17) is 5.11 Å². The summed E-state index contributed by atoms with van der Waals surface area (Å²) in [5.74, 6) is 0.798. The average Bonchev–Trinajstić information content (AvgIpc) is 2.54. The first-order valence-corrected chi connectivity index (χ1v) is 7.79. The van der Waals surface area contributed by atoms with Crippen molar-refractivity contribution in [1.82, 2.24) is 10.6 Å². The lowest BCUT2D eigenvalue weighted by Crippen LogP contribution is -2.51. The highest BCUT2D eigenvalue weighted by molar-refractivity contribution is 5.80. The van der Waals surface area contributed by atoms with E-state index in [-0.39, 0.29) is 6.61 Å². The minimum Gasteiger partial charge on any atom is -0.394 e. The van der Waals surface area contributed by atoms with E-state index in [1.165, 1.54) is 12.1 Å². The molecule has 5 heteroatoms. The van der Waals surface area contributed by atoms with Gasteiger partial charge in [-0.2, -0.15) is 0 Å². The fourth-order valence-electron chi connectivity index (χ4n) is 2.64. The third kappa shape index (κ3) is 4.93. The Hall–Kier alpha value is -1.75. The maximum Gasteiger partial charge on any atom is 0.191 e. The summed E-state index contributed by atoms with van der Waals surface area (Å²) in [7, 11) is 0. The Bertz CT molecular complexity index is 435. The van der Waals surface area contributed by atoms with Crippen LogP contribution < -0.4 is 15.5 Å². The highest BCUT2D eigenvalue weighted by atomic mass is 16.3. The van der Waals surface area contributed by atoms with Crippen LogP contribution in [0.3, 0.4) is 0 Å². The number of rotatable bonds is 5. The number of aliphatic hydroxyl groups excluding tert-OH is 1. The Morgan fingerprint density at radius 1 is 1.38 bits per heavy atom. The van der Waals surface area contributed by atoms with Gasteiger partial charge in [-0.3, -0.25) is 4.99 Å². The summed E-state index contributed by atoms with van der Waals surface area (Å²) >= 11 is 0. The van der Waals surface area contributed by atoms with Gasteiger partial charge in [0, 0.05) is 31.4 Å². The summed E-state index contributed by atoms with van der Waals surface area (Å²) < 4.78 is 0. The molecule has 116 valence electrons. The van der Waals surface area contributed by atoms with E-state index < -0.39 is 0 Å². The van der Waals surface area contributed by atoms with E-state index in [2.05, 4.69) is 44.8 Å². The Morgan fingerprint density at radius 2 is 2.19 bits per heavy atom. The van der Waals surface area contributed by atoms with Crippen molar-refractivity contribution >= 4 is 11.6 Å². The number of guanidine groups is 1. The summed E-state index contributed by atoms with van der Waals surface area (Å²) in [6, 6.07) is 10.9. The molecule has 21 heavy (non-hydrogen) atoms. The van der Waals surface area contributed by atoms with Crippen LogP contribution in [0.4, 0.5) is 5.69 Å². The largest absolute Gasteiger partial charge is 0.394 e. The second kappa shape index (κ2) is 8.52. The van der Waals surface area contributed by atoms with Crippen LogP contribution in [0.1, 0.15) is 19.8 Å². The number of benzene rings is 1. The molecule has 1 aromatic rings. The van der Waals surface area contributed by atoms with Crippen LogP contribution in [0.25, 0.3) is 0 Å². The number of aliphatic hydroxyl groups is 1. The molecular weight excluding hydrogens is 264 g/mol. The van der Waals surface area contributed by atoms with Crippen LogP contribution in [-0.2, 0) is 0 Å². The van der Waals surface area contributed by atoms with E-state index in [0.717, 1.165) is 32.0 Å². The first-order chi connectivity index (χ1) is 10.3. The van der Waals surface area contributed by atoms with Crippen molar-refractivity contribution in [2.24, 2.45) is 4.99 Å². The summed E-state index contributed by atoms with van der Waals surface area (Å²) in [5, 5.41) is 15.6. The molecule has 0 bridgehead atoms. The fraction of sp³-hybridized carbons (Fsp3) is 0.562. The van der Waals surface area contributed by atoms with Crippen molar-refractivity contribution in [3.63, 3.8) is 0 Å². The zero-order valence-corrected chi connectivity index (χ0v) is 12.8. The molecule has 1 fully saturated rings. The highest BCUT2D eigenvalue weighted by Crippen LogP contribution is 2.19. The van der Waals surface area contributed by atoms with Gasteiger partial charge in [0.25, 0.3) is 0 Å². The molecule has 1 unspecified atom stereocenters. The quantitative estimate of drug-likeness (QED) is 0.563. The third-order valence-electron chi connectivity index (χ3n) is 3.60. The first kappa shape index (κ1) is 15.6. The van der Waals surface area contributed by atoms with Gasteiger partial charge in [-0.25, -0.2) is 0 Å². The van der Waals surface area contributed by atoms with E-state index in [0.29, 0.717) is 12.6 Å². The molecule has 0 spiro atoms. The molecule has 0 radical (unpaired) electrons. The molecule has 0 aromatic heterocycles. The van der Waals surface area contributed by atoms with Crippen molar-refractivity contribution in [3.05, 3.63) is 30.3 Å². The van der Waals surface area contributed by atoms with E-state index >= 15 is 0 Å². The van der Waals surface area contributed by atoms with Crippen LogP contribution in [0.15, 0.2) is 35.3 Å². The molecule has 1 heterocycles. The van der Waals surface area contributed by atoms with Gasteiger partial charge in [-0.15, -0.1) is 0 Å². The topological polar surface area (TPSA) is 59.9 Å². The number of hydrogen-bond acceptors (Lipinski definition) is 3. The van der Waals surface area contributed by atoms with E-state index in [1.54, 1.807) is 0 Å². The number of anilines is 1. The van der Waals surface area contributed by atoms with Crippen molar-refractivity contribution in [2.75, 3.05) is 37.7 Å². The SMILES string of the molecule is CCNC(=NCCO)NC1CCCN(c2ccccc2)C1. The van der Waals surface area contributed by atoms with Crippen LogP contribution in [0.5, 0.6) is 0 Å². The summed E-state index contributed by atoms with van der Waals surface area (Å²) in [4.78, 5) is 6.76. The Balaban J connectivity index is 1.94. The molecule has 0 amide bonds. The molecule has 0 aliphatic carbocycles. The third-order valence-corrected chi connectivity index (χ3v) is 3.60. The second-order valence-corrected chi connectivity index (χ2v) is 5.25. The summed E-state index contributed by atoms with van der Waals surface area (Å²) in [6.07, 6.45) is 2.32. The Morgan fingerprint density at radius 3 is 2.90 bits per heavy atom. The Labute approximate surface area is 127 Å². The molecule has 1 saturated heterocycles. The van der Waals surface area contributed by atoms with Crippen LogP contribution in [-0.4, -0.2) is 49.9 Å². The molecule has 2 rings (SSSR count). The number of aliphatic imine (C=N–C) groups is 1. The van der Waals surface area contributed by atoms with E-state index in [9.17, 15) is 0 Å². The zero-order chi connectivity index (χ0) is 14.9. The molecule has 1 aromatic carbocycles. The van der Waals surface area contributed by atoms with E-state index in [1.807, 2.05) is 13.0 Å². The second-order valence-electron chi connectivity index (χ2n) is 5.25. The normalized spacial score (nSPS) is 19.4.